The SMILES string of the molecule is Cc1cc(N)ccc1C=CCC=O. The molecule has 68 valence electrons. The van der Waals surface area contributed by atoms with E-state index in [2.05, 4.69) is 0 Å². The number of carbonyl (C=O) groups excluding carboxylic acids is 1. The molecule has 2 nitrogen and oxygen atoms in total. The van der Waals surface area contributed by atoms with Crippen LogP contribution in [-0.4, -0.2) is 6.29 Å². The molecule has 0 amide bonds. The van der Waals surface area contributed by atoms with E-state index in [4.69, 9.17) is 5.73 Å². The Morgan fingerprint density at radius 2 is 2.23 bits per heavy atom. The number of rotatable bonds is 3. The third kappa shape index (κ3) is 2.75. The van der Waals surface area contributed by atoms with Gasteiger partial charge in [0.15, 0.2) is 0 Å². The van der Waals surface area contributed by atoms with Crippen molar-refractivity contribution in [3.8, 4) is 0 Å². The fraction of sp³-hybridized carbons (Fsp3) is 0.182. The van der Waals surface area contributed by atoms with Crippen LogP contribution in [0.25, 0.3) is 6.08 Å². The van der Waals surface area contributed by atoms with Gasteiger partial charge in [-0.25, -0.2) is 0 Å². The number of benzene rings is 1. The minimum absolute atomic E-state index is 0.462. The van der Waals surface area contributed by atoms with Gasteiger partial charge in [0.25, 0.3) is 0 Å². The second-order valence-electron chi connectivity index (χ2n) is 2.92. The molecular formula is C11H13NO. The van der Waals surface area contributed by atoms with E-state index in [1.54, 1.807) is 0 Å². The van der Waals surface area contributed by atoms with Gasteiger partial charge in [0.1, 0.15) is 6.29 Å². The number of aryl methyl sites for hydroxylation is 1. The Kier molecular flexibility index (Phi) is 3.26. The number of carbonyl (C=O) groups is 1. The summed E-state index contributed by atoms with van der Waals surface area (Å²) >= 11 is 0. The first-order valence-corrected chi connectivity index (χ1v) is 4.20. The average Bonchev–Trinajstić information content (AvgIpc) is 2.09. The van der Waals surface area contributed by atoms with E-state index in [-0.39, 0.29) is 0 Å². The number of hydrogen-bond acceptors (Lipinski definition) is 2. The largest absolute Gasteiger partial charge is 0.399 e. The van der Waals surface area contributed by atoms with E-state index >= 15 is 0 Å². The zero-order valence-corrected chi connectivity index (χ0v) is 7.66. The maximum atomic E-state index is 10.1. The van der Waals surface area contributed by atoms with Gasteiger partial charge >= 0.3 is 0 Å². The zero-order chi connectivity index (χ0) is 9.68. The lowest BCUT2D eigenvalue weighted by Crippen LogP contribution is -1.87. The van der Waals surface area contributed by atoms with Crippen LogP contribution in [0.4, 0.5) is 5.69 Å². The minimum Gasteiger partial charge on any atom is -0.399 e. The van der Waals surface area contributed by atoms with Crippen LogP contribution < -0.4 is 5.73 Å². The number of allylic oxidation sites excluding steroid dienone is 1. The Bertz CT molecular complexity index is 329. The molecule has 0 atom stereocenters. The first kappa shape index (κ1) is 9.52. The second-order valence-corrected chi connectivity index (χ2v) is 2.92. The Morgan fingerprint density at radius 3 is 2.85 bits per heavy atom. The highest BCUT2D eigenvalue weighted by Crippen LogP contribution is 2.13. The standard InChI is InChI=1S/C11H13NO/c1-9-8-11(12)6-5-10(9)4-2-3-7-13/h2,4-8H,3,12H2,1H3. The zero-order valence-electron chi connectivity index (χ0n) is 7.66. The second kappa shape index (κ2) is 4.45. The monoisotopic (exact) mass is 175 g/mol. The molecule has 1 aromatic rings. The molecule has 0 aliphatic heterocycles. The fourth-order valence-electron chi connectivity index (χ4n) is 1.14. The lowest BCUT2D eigenvalue weighted by molar-refractivity contribution is -0.107. The van der Waals surface area contributed by atoms with Crippen LogP contribution in [0.1, 0.15) is 17.5 Å². The van der Waals surface area contributed by atoms with Gasteiger partial charge in [-0.3, -0.25) is 0 Å². The maximum absolute atomic E-state index is 10.1. The van der Waals surface area contributed by atoms with E-state index < -0.39 is 0 Å². The molecule has 0 saturated carbocycles. The van der Waals surface area contributed by atoms with Gasteiger partial charge in [0.2, 0.25) is 0 Å². The first-order valence-electron chi connectivity index (χ1n) is 4.20. The highest BCUT2D eigenvalue weighted by molar-refractivity contribution is 5.61. The molecule has 2 N–H and O–H groups in total. The highest BCUT2D eigenvalue weighted by atomic mass is 16.1. The van der Waals surface area contributed by atoms with E-state index in [1.165, 1.54) is 0 Å². The third-order valence-electron chi connectivity index (χ3n) is 1.82. The maximum Gasteiger partial charge on any atom is 0.123 e. The van der Waals surface area contributed by atoms with E-state index in [1.807, 2.05) is 37.3 Å². The molecule has 0 spiro atoms. The van der Waals surface area contributed by atoms with Gasteiger partial charge in [-0.05, 0) is 30.2 Å². The predicted molar refractivity (Wildman–Crippen MR) is 55.3 cm³/mol. The van der Waals surface area contributed by atoms with Crippen LogP contribution in [0, 0.1) is 6.92 Å². The smallest absolute Gasteiger partial charge is 0.123 e. The number of nitrogen functional groups attached to an aromatic ring is 1. The van der Waals surface area contributed by atoms with Crippen LogP contribution in [-0.2, 0) is 4.79 Å². The fourth-order valence-corrected chi connectivity index (χ4v) is 1.14. The Hall–Kier alpha value is -1.57. The summed E-state index contributed by atoms with van der Waals surface area (Å²) in [6.07, 6.45) is 5.11. The van der Waals surface area contributed by atoms with Crippen LogP contribution >= 0.6 is 0 Å². The molecule has 0 aliphatic rings. The molecule has 2 heteroatoms. The van der Waals surface area contributed by atoms with E-state index in [9.17, 15) is 4.79 Å². The Morgan fingerprint density at radius 1 is 1.46 bits per heavy atom. The number of aldehydes is 1. The summed E-state index contributed by atoms with van der Waals surface area (Å²) in [5.41, 5.74) is 8.61. The topological polar surface area (TPSA) is 43.1 Å². The molecular weight excluding hydrogens is 162 g/mol. The highest BCUT2D eigenvalue weighted by Gasteiger charge is 1.93. The van der Waals surface area contributed by atoms with Gasteiger partial charge in [0, 0.05) is 12.1 Å². The van der Waals surface area contributed by atoms with Crippen molar-refractivity contribution in [2.45, 2.75) is 13.3 Å². The number of hydrogen-bond donors (Lipinski definition) is 1. The van der Waals surface area contributed by atoms with Crippen LogP contribution in [0.3, 0.4) is 0 Å². The van der Waals surface area contributed by atoms with Crippen LogP contribution in [0.15, 0.2) is 24.3 Å². The summed E-state index contributed by atoms with van der Waals surface area (Å²) in [5.74, 6) is 0. The van der Waals surface area contributed by atoms with E-state index in [0.29, 0.717) is 6.42 Å². The van der Waals surface area contributed by atoms with Crippen molar-refractivity contribution < 1.29 is 4.79 Å². The molecule has 0 bridgehead atoms. The summed E-state index contributed by atoms with van der Waals surface area (Å²) in [7, 11) is 0. The quantitative estimate of drug-likeness (QED) is 0.565. The number of nitrogens with two attached hydrogens (primary N) is 1. The van der Waals surface area contributed by atoms with Crippen molar-refractivity contribution in [1.29, 1.82) is 0 Å². The summed E-state index contributed by atoms with van der Waals surface area (Å²) in [6.45, 7) is 2.00. The van der Waals surface area contributed by atoms with Crippen LogP contribution in [0.2, 0.25) is 0 Å². The lowest BCUT2D eigenvalue weighted by Gasteiger charge is -2.00. The normalized spacial score (nSPS) is 10.5. The molecule has 13 heavy (non-hydrogen) atoms. The van der Waals surface area contributed by atoms with Crippen molar-refractivity contribution in [3.05, 3.63) is 35.4 Å². The lowest BCUT2D eigenvalue weighted by atomic mass is 10.1. The summed E-state index contributed by atoms with van der Waals surface area (Å²) in [6, 6.07) is 5.72. The van der Waals surface area contributed by atoms with Gasteiger partial charge in [-0.1, -0.05) is 18.2 Å². The summed E-state index contributed by atoms with van der Waals surface area (Å²) in [4.78, 5) is 10.1. The Labute approximate surface area is 78.1 Å². The third-order valence-corrected chi connectivity index (χ3v) is 1.82. The molecule has 0 heterocycles. The van der Waals surface area contributed by atoms with Crippen molar-refractivity contribution in [3.63, 3.8) is 0 Å². The van der Waals surface area contributed by atoms with Gasteiger partial charge < -0.3 is 10.5 Å². The molecule has 0 saturated heterocycles. The molecule has 0 radical (unpaired) electrons. The van der Waals surface area contributed by atoms with E-state index in [0.717, 1.165) is 23.1 Å². The molecule has 0 fully saturated rings. The minimum atomic E-state index is 0.462. The molecule has 1 aromatic carbocycles. The first-order chi connectivity index (χ1) is 6.24. The molecule has 0 aliphatic carbocycles. The van der Waals surface area contributed by atoms with Crippen molar-refractivity contribution in [2.24, 2.45) is 0 Å². The van der Waals surface area contributed by atoms with Crippen molar-refractivity contribution in [2.75, 3.05) is 5.73 Å². The van der Waals surface area contributed by atoms with Gasteiger partial charge in [-0.15, -0.1) is 0 Å². The average molecular weight is 175 g/mol. The van der Waals surface area contributed by atoms with Crippen LogP contribution in [0.5, 0.6) is 0 Å². The summed E-state index contributed by atoms with van der Waals surface area (Å²) in [5, 5.41) is 0. The molecule has 0 unspecified atom stereocenters. The Balaban J connectivity index is 2.83. The van der Waals surface area contributed by atoms with Crippen molar-refractivity contribution in [1.82, 2.24) is 0 Å². The molecule has 1 rings (SSSR count). The van der Waals surface area contributed by atoms with Gasteiger partial charge in [0.05, 0.1) is 0 Å². The summed E-state index contributed by atoms with van der Waals surface area (Å²) < 4.78 is 0. The predicted octanol–water partition coefficient (Wildman–Crippen LogP) is 2.18. The molecule has 0 aromatic heterocycles. The number of anilines is 1. The van der Waals surface area contributed by atoms with Gasteiger partial charge in [-0.2, -0.15) is 0 Å². The van der Waals surface area contributed by atoms with Crippen molar-refractivity contribution >= 4 is 18.0 Å².